The summed E-state index contributed by atoms with van der Waals surface area (Å²) in [5.41, 5.74) is -0.209. The predicted molar refractivity (Wildman–Crippen MR) is 63.2 cm³/mol. The van der Waals surface area contributed by atoms with Crippen LogP contribution in [0.25, 0.3) is 0 Å². The van der Waals surface area contributed by atoms with Gasteiger partial charge in [-0.25, -0.2) is 4.79 Å². The molecule has 94 valence electrons. The van der Waals surface area contributed by atoms with E-state index in [9.17, 15) is 4.79 Å². The average molecular weight is 236 g/mol. The van der Waals surface area contributed by atoms with E-state index in [1.54, 1.807) is 4.90 Å². The molecular formula is C13H20N2O2. The Balaban J connectivity index is 1.87. The molecular weight excluding hydrogens is 216 g/mol. The zero-order valence-corrected chi connectivity index (χ0v) is 10.8. The van der Waals surface area contributed by atoms with Crippen LogP contribution in [0.2, 0.25) is 0 Å². The lowest BCUT2D eigenvalue weighted by Gasteiger charge is -2.41. The number of hydrogen-bond acceptors (Lipinski definition) is 3. The molecule has 0 atom stereocenters. The van der Waals surface area contributed by atoms with Crippen molar-refractivity contribution in [3.63, 3.8) is 0 Å². The molecule has 4 heteroatoms. The highest BCUT2D eigenvalue weighted by Crippen LogP contribution is 2.51. The third kappa shape index (κ3) is 2.54. The minimum Gasteiger partial charge on any atom is -0.444 e. The number of nitriles is 1. The number of ether oxygens (including phenoxy) is 1. The fraction of sp³-hybridized carbons (Fsp3) is 0.846. The second-order valence-electron chi connectivity index (χ2n) is 6.39. The first-order valence-electron chi connectivity index (χ1n) is 6.21. The Hall–Kier alpha value is -1.24. The largest absolute Gasteiger partial charge is 0.444 e. The van der Waals surface area contributed by atoms with Crippen molar-refractivity contribution in [3.8, 4) is 6.07 Å². The third-order valence-corrected chi connectivity index (χ3v) is 3.63. The summed E-state index contributed by atoms with van der Waals surface area (Å²) >= 11 is 0. The van der Waals surface area contributed by atoms with Crippen LogP contribution in [0.3, 0.4) is 0 Å². The molecule has 0 N–H and O–H groups in total. The summed E-state index contributed by atoms with van der Waals surface area (Å²) in [4.78, 5) is 13.7. The van der Waals surface area contributed by atoms with E-state index in [-0.39, 0.29) is 17.4 Å². The topological polar surface area (TPSA) is 53.3 Å². The molecule has 1 amide bonds. The van der Waals surface area contributed by atoms with Gasteiger partial charge in [0.05, 0.1) is 6.07 Å². The second-order valence-corrected chi connectivity index (χ2v) is 6.39. The highest BCUT2D eigenvalue weighted by Gasteiger charge is 2.50. The Morgan fingerprint density at radius 3 is 2.65 bits per heavy atom. The van der Waals surface area contributed by atoms with Crippen molar-refractivity contribution in [3.05, 3.63) is 0 Å². The first kappa shape index (κ1) is 12.2. The lowest BCUT2D eigenvalue weighted by atomic mass is 9.62. The van der Waals surface area contributed by atoms with Crippen LogP contribution in [0.5, 0.6) is 0 Å². The predicted octanol–water partition coefficient (Wildman–Crippen LogP) is 2.55. The number of likely N-dealkylation sites (tertiary alicyclic amines) is 1. The Kier molecular flexibility index (Phi) is 2.81. The normalized spacial score (nSPS) is 32.1. The number of carbonyl (C=O) groups is 1. The highest BCUT2D eigenvalue weighted by molar-refractivity contribution is 5.68. The molecule has 1 saturated heterocycles. The molecule has 2 rings (SSSR count). The van der Waals surface area contributed by atoms with Crippen LogP contribution in [-0.4, -0.2) is 29.7 Å². The van der Waals surface area contributed by atoms with Crippen LogP contribution < -0.4 is 0 Å². The van der Waals surface area contributed by atoms with Crippen molar-refractivity contribution >= 4 is 6.09 Å². The summed E-state index contributed by atoms with van der Waals surface area (Å²) in [5, 5.41) is 8.80. The Morgan fingerprint density at radius 1 is 1.47 bits per heavy atom. The van der Waals surface area contributed by atoms with Gasteiger partial charge in [-0.2, -0.15) is 5.26 Å². The van der Waals surface area contributed by atoms with Crippen LogP contribution in [-0.2, 0) is 4.74 Å². The van der Waals surface area contributed by atoms with Crippen LogP contribution in [0, 0.1) is 22.7 Å². The van der Waals surface area contributed by atoms with Gasteiger partial charge >= 0.3 is 6.09 Å². The van der Waals surface area contributed by atoms with E-state index in [1.807, 2.05) is 20.8 Å². The van der Waals surface area contributed by atoms with E-state index in [0.717, 1.165) is 32.4 Å². The molecule has 1 spiro atoms. The summed E-state index contributed by atoms with van der Waals surface area (Å²) in [5.74, 6) is 0.202. The molecule has 1 heterocycles. The van der Waals surface area contributed by atoms with Gasteiger partial charge in [0.1, 0.15) is 5.60 Å². The van der Waals surface area contributed by atoms with E-state index in [2.05, 4.69) is 6.07 Å². The van der Waals surface area contributed by atoms with Crippen molar-refractivity contribution in [2.75, 3.05) is 13.1 Å². The first-order chi connectivity index (χ1) is 7.84. The molecule has 4 nitrogen and oxygen atoms in total. The standard InChI is InChI=1S/C13H20N2O2/c1-12(2,3)17-11(16)15-5-4-13(9-15)6-10(7-13)8-14/h10H,4-7,9H2,1-3H3. The molecule has 0 radical (unpaired) electrons. The molecule has 1 aliphatic carbocycles. The molecule has 0 aromatic rings. The van der Waals surface area contributed by atoms with Crippen molar-refractivity contribution in [2.24, 2.45) is 11.3 Å². The van der Waals surface area contributed by atoms with Gasteiger partial charge in [0.25, 0.3) is 0 Å². The smallest absolute Gasteiger partial charge is 0.410 e. The second kappa shape index (κ2) is 3.90. The van der Waals surface area contributed by atoms with E-state index >= 15 is 0 Å². The Morgan fingerprint density at radius 2 is 2.12 bits per heavy atom. The fourth-order valence-electron chi connectivity index (χ4n) is 2.83. The number of rotatable bonds is 0. The summed E-state index contributed by atoms with van der Waals surface area (Å²) in [6.07, 6.45) is 2.70. The van der Waals surface area contributed by atoms with Crippen molar-refractivity contribution in [2.45, 2.75) is 45.6 Å². The molecule has 0 unspecified atom stereocenters. The average Bonchev–Trinajstić information content (AvgIpc) is 2.56. The molecule has 1 aliphatic heterocycles. The van der Waals surface area contributed by atoms with Crippen molar-refractivity contribution < 1.29 is 9.53 Å². The molecule has 0 aromatic heterocycles. The zero-order valence-electron chi connectivity index (χ0n) is 10.8. The zero-order chi connectivity index (χ0) is 12.7. The minimum atomic E-state index is -0.429. The van der Waals surface area contributed by atoms with Gasteiger partial charge < -0.3 is 9.64 Å². The Labute approximate surface area is 103 Å². The van der Waals surface area contributed by atoms with Crippen LogP contribution in [0.1, 0.15) is 40.0 Å². The van der Waals surface area contributed by atoms with Gasteiger partial charge in [-0.05, 0) is 45.4 Å². The van der Waals surface area contributed by atoms with Crippen LogP contribution in [0.4, 0.5) is 4.79 Å². The highest BCUT2D eigenvalue weighted by atomic mass is 16.6. The Bertz CT molecular complexity index is 359. The van der Waals surface area contributed by atoms with E-state index in [4.69, 9.17) is 10.00 Å². The van der Waals surface area contributed by atoms with Gasteiger partial charge in [-0.15, -0.1) is 0 Å². The SMILES string of the molecule is CC(C)(C)OC(=O)N1CCC2(CC(C#N)C2)C1. The van der Waals surface area contributed by atoms with Gasteiger partial charge in [-0.3, -0.25) is 0 Å². The maximum absolute atomic E-state index is 11.9. The molecule has 2 aliphatic rings. The molecule has 0 bridgehead atoms. The van der Waals surface area contributed by atoms with Gasteiger partial charge in [0.15, 0.2) is 0 Å². The van der Waals surface area contributed by atoms with Gasteiger partial charge in [0, 0.05) is 19.0 Å². The quantitative estimate of drug-likeness (QED) is 0.649. The van der Waals surface area contributed by atoms with Crippen molar-refractivity contribution in [1.29, 1.82) is 5.26 Å². The maximum atomic E-state index is 11.9. The molecule has 2 fully saturated rings. The third-order valence-electron chi connectivity index (χ3n) is 3.63. The summed E-state index contributed by atoms with van der Waals surface area (Å²) in [6.45, 7) is 7.18. The number of amides is 1. The monoisotopic (exact) mass is 236 g/mol. The van der Waals surface area contributed by atoms with E-state index in [1.165, 1.54) is 0 Å². The number of hydrogen-bond donors (Lipinski definition) is 0. The van der Waals surface area contributed by atoms with Gasteiger partial charge in [0.2, 0.25) is 0 Å². The maximum Gasteiger partial charge on any atom is 0.410 e. The van der Waals surface area contributed by atoms with E-state index < -0.39 is 5.60 Å². The summed E-state index contributed by atoms with van der Waals surface area (Å²) in [6, 6.07) is 2.30. The molecule has 17 heavy (non-hydrogen) atoms. The lowest BCUT2D eigenvalue weighted by molar-refractivity contribution is 0.0220. The van der Waals surface area contributed by atoms with Gasteiger partial charge in [-0.1, -0.05) is 0 Å². The number of nitrogens with zero attached hydrogens (tertiary/aromatic N) is 2. The van der Waals surface area contributed by atoms with Crippen molar-refractivity contribution in [1.82, 2.24) is 4.90 Å². The van der Waals surface area contributed by atoms with Crippen LogP contribution in [0.15, 0.2) is 0 Å². The minimum absolute atomic E-state index is 0.202. The summed E-state index contributed by atoms with van der Waals surface area (Å²) < 4.78 is 5.36. The van der Waals surface area contributed by atoms with E-state index in [0.29, 0.717) is 0 Å². The van der Waals surface area contributed by atoms with Crippen LogP contribution >= 0.6 is 0 Å². The lowest BCUT2D eigenvalue weighted by Crippen LogP contribution is -2.41. The summed E-state index contributed by atoms with van der Waals surface area (Å²) in [7, 11) is 0. The fourth-order valence-corrected chi connectivity index (χ4v) is 2.83. The first-order valence-corrected chi connectivity index (χ1v) is 6.21. The number of carbonyl (C=O) groups excluding carboxylic acids is 1. The molecule has 1 saturated carbocycles. The molecule has 0 aromatic carbocycles.